The van der Waals surface area contributed by atoms with E-state index in [9.17, 15) is 18.9 Å². The fraction of sp³-hybridized carbons (Fsp3) is 0. The Bertz CT molecular complexity index is 995. The third-order valence-electron chi connectivity index (χ3n) is 2.98. The molecule has 0 radical (unpaired) electrons. The van der Waals surface area contributed by atoms with Crippen LogP contribution >= 0.6 is 11.3 Å². The molecule has 1 N–H and O–H groups in total. The lowest BCUT2D eigenvalue weighted by molar-refractivity contribution is -0.384. The van der Waals surface area contributed by atoms with Gasteiger partial charge in [0.15, 0.2) is 8.77 Å². The highest BCUT2D eigenvalue weighted by Crippen LogP contribution is 2.35. The molecule has 0 spiro atoms. The predicted octanol–water partition coefficient (Wildman–Crippen LogP) is 3.45. The Morgan fingerprint density at radius 3 is 2.68 bits per heavy atom. The number of thiazole rings is 1. The van der Waals surface area contributed by atoms with Crippen molar-refractivity contribution in [2.24, 2.45) is 0 Å². The van der Waals surface area contributed by atoms with E-state index in [-0.39, 0.29) is 10.6 Å². The second-order valence-corrected chi connectivity index (χ2v) is 8.18. The maximum absolute atomic E-state index is 11.8. The van der Waals surface area contributed by atoms with E-state index in [0.29, 0.717) is 20.8 Å². The summed E-state index contributed by atoms with van der Waals surface area (Å²) in [7, 11) is -3.55. The maximum Gasteiger partial charge on any atom is 0.270 e. The number of hydrogen-bond acceptors (Lipinski definition) is 6. The van der Waals surface area contributed by atoms with E-state index in [1.807, 2.05) is 0 Å². The van der Waals surface area contributed by atoms with Crippen LogP contribution in [0.1, 0.15) is 0 Å². The molecule has 1 unspecified atom stereocenters. The predicted molar refractivity (Wildman–Crippen MR) is 88.1 cm³/mol. The van der Waals surface area contributed by atoms with Crippen molar-refractivity contribution in [2.45, 2.75) is 4.90 Å². The first kappa shape index (κ1) is 15.0. The Kier molecular flexibility index (Phi) is 3.65. The number of nitro groups is 1. The Labute approximate surface area is 134 Å². The second kappa shape index (κ2) is 5.36. The van der Waals surface area contributed by atoms with Crippen LogP contribution in [0.15, 0.2) is 47.4 Å². The molecule has 3 rings (SSSR count). The molecule has 1 atom stereocenters. The van der Waals surface area contributed by atoms with E-state index in [4.69, 9.17) is 0 Å². The van der Waals surface area contributed by atoms with Crippen LogP contribution in [-0.4, -0.2) is 18.7 Å². The van der Waals surface area contributed by atoms with Gasteiger partial charge in [-0.15, -0.1) is 11.3 Å². The van der Waals surface area contributed by atoms with Gasteiger partial charge in [-0.2, -0.15) is 0 Å². The summed E-state index contributed by atoms with van der Waals surface area (Å²) in [5.74, 6) is 0. The molecule has 0 amide bonds. The van der Waals surface area contributed by atoms with E-state index in [1.54, 1.807) is 24.3 Å². The third kappa shape index (κ3) is 2.71. The molecule has 22 heavy (non-hydrogen) atoms. The lowest BCUT2D eigenvalue weighted by Crippen LogP contribution is -1.98. The van der Waals surface area contributed by atoms with Gasteiger partial charge in [-0.05, 0) is 12.1 Å². The van der Waals surface area contributed by atoms with Crippen molar-refractivity contribution in [3.63, 3.8) is 0 Å². The molecular formula is C13H8N2O4S3. The number of rotatable bonds is 3. The molecule has 1 aromatic heterocycles. The molecule has 1 heterocycles. The second-order valence-electron chi connectivity index (χ2n) is 4.40. The average molecular weight is 352 g/mol. The Balaban J connectivity index is 2.22. The van der Waals surface area contributed by atoms with Crippen molar-refractivity contribution >= 4 is 47.2 Å². The van der Waals surface area contributed by atoms with Crippen molar-refractivity contribution in [1.29, 1.82) is 0 Å². The average Bonchev–Trinajstić information content (AvgIpc) is 2.89. The summed E-state index contributed by atoms with van der Waals surface area (Å²) in [5, 5.41) is 11.3. The van der Waals surface area contributed by atoms with Gasteiger partial charge in [-0.25, -0.2) is 9.19 Å². The molecule has 0 bridgehead atoms. The quantitative estimate of drug-likeness (QED) is 0.573. The zero-order valence-electron chi connectivity index (χ0n) is 10.8. The van der Waals surface area contributed by atoms with Crippen LogP contribution in [0.2, 0.25) is 0 Å². The van der Waals surface area contributed by atoms with E-state index < -0.39 is 13.7 Å². The minimum atomic E-state index is -3.55. The van der Waals surface area contributed by atoms with E-state index in [2.05, 4.69) is 16.2 Å². The Morgan fingerprint density at radius 1 is 1.27 bits per heavy atom. The van der Waals surface area contributed by atoms with Crippen LogP contribution in [0.5, 0.6) is 0 Å². The zero-order valence-corrected chi connectivity index (χ0v) is 13.3. The fourth-order valence-electron chi connectivity index (χ4n) is 2.01. The third-order valence-corrected chi connectivity index (χ3v) is 5.48. The highest BCUT2D eigenvalue weighted by molar-refractivity contribution is 8.29. The summed E-state index contributed by atoms with van der Waals surface area (Å²) in [4.78, 5) is 14.8. The van der Waals surface area contributed by atoms with Crippen LogP contribution in [-0.2, 0) is 20.0 Å². The van der Waals surface area contributed by atoms with Crippen LogP contribution in [0, 0.1) is 10.1 Å². The van der Waals surface area contributed by atoms with Gasteiger partial charge in [0.2, 0.25) is 0 Å². The highest BCUT2D eigenvalue weighted by Gasteiger charge is 2.17. The van der Waals surface area contributed by atoms with Crippen LogP contribution < -0.4 is 0 Å². The van der Waals surface area contributed by atoms with E-state index in [1.165, 1.54) is 29.5 Å². The lowest BCUT2D eigenvalue weighted by atomic mass is 10.2. The van der Waals surface area contributed by atoms with Crippen LogP contribution in [0.4, 0.5) is 5.69 Å². The van der Waals surface area contributed by atoms with E-state index in [0.717, 1.165) is 0 Å². The highest BCUT2D eigenvalue weighted by atomic mass is 32.8. The minimum Gasteiger partial charge on any atom is -0.302 e. The lowest BCUT2D eigenvalue weighted by Gasteiger charge is -2.05. The van der Waals surface area contributed by atoms with Crippen LogP contribution in [0.3, 0.4) is 0 Å². The Hall–Kier alpha value is -1.94. The minimum absolute atomic E-state index is 0.0230. The summed E-state index contributed by atoms with van der Waals surface area (Å²) in [5.41, 5.74) is 1.04. The smallest absolute Gasteiger partial charge is 0.270 e. The zero-order chi connectivity index (χ0) is 15.9. The SMILES string of the molecule is O=[N+]([O-])c1ccc2nc(-c3ccccc3S(=O)(O)=S)sc2c1. The standard InChI is InChI=1S/C13H8N2O4S3/c16-15(17)8-5-6-10-11(7-8)21-13(14-10)9-3-1-2-4-12(9)22(18,19)20/h1-7H,(H,18,19,20). The van der Waals surface area contributed by atoms with Gasteiger partial charge in [0.25, 0.3) is 5.69 Å². The number of fused-ring (bicyclic) bond motifs is 1. The molecule has 0 saturated heterocycles. The van der Waals surface area contributed by atoms with Crippen molar-refractivity contribution in [3.8, 4) is 10.6 Å². The largest absolute Gasteiger partial charge is 0.302 e. The number of nitro benzene ring substituents is 1. The molecule has 3 aromatic rings. The van der Waals surface area contributed by atoms with Gasteiger partial charge in [-0.3, -0.25) is 10.1 Å². The van der Waals surface area contributed by atoms with Gasteiger partial charge < -0.3 is 4.55 Å². The van der Waals surface area contributed by atoms with Gasteiger partial charge >= 0.3 is 0 Å². The van der Waals surface area contributed by atoms with Gasteiger partial charge in [0.05, 0.1) is 20.0 Å². The van der Waals surface area contributed by atoms with Crippen molar-refractivity contribution < 1.29 is 13.7 Å². The first-order valence-corrected chi connectivity index (χ1v) is 9.24. The summed E-state index contributed by atoms with van der Waals surface area (Å²) < 4.78 is 22.1. The van der Waals surface area contributed by atoms with Gasteiger partial charge in [0.1, 0.15) is 5.01 Å². The molecule has 0 aliphatic rings. The molecular weight excluding hydrogens is 344 g/mol. The number of non-ortho nitro benzene ring substituents is 1. The van der Waals surface area contributed by atoms with Crippen molar-refractivity contribution in [1.82, 2.24) is 4.98 Å². The van der Waals surface area contributed by atoms with Crippen molar-refractivity contribution in [2.75, 3.05) is 0 Å². The first-order chi connectivity index (χ1) is 10.4. The summed E-state index contributed by atoms with van der Waals surface area (Å²) in [6, 6.07) is 10.8. The summed E-state index contributed by atoms with van der Waals surface area (Å²) in [6.07, 6.45) is 0. The first-order valence-electron chi connectivity index (χ1n) is 5.98. The fourth-order valence-corrected chi connectivity index (χ4v) is 4.24. The topological polar surface area (TPSA) is 93.3 Å². The molecule has 0 fully saturated rings. The molecule has 2 aromatic carbocycles. The molecule has 6 nitrogen and oxygen atoms in total. The number of aromatic nitrogens is 1. The molecule has 0 saturated carbocycles. The summed E-state index contributed by atoms with van der Waals surface area (Å²) in [6.45, 7) is 0. The van der Waals surface area contributed by atoms with Crippen LogP contribution in [0.25, 0.3) is 20.8 Å². The van der Waals surface area contributed by atoms with Gasteiger partial charge in [0, 0.05) is 28.9 Å². The normalized spacial score (nSPS) is 13.9. The maximum atomic E-state index is 11.8. The molecule has 112 valence electrons. The molecule has 0 aliphatic carbocycles. The molecule has 0 aliphatic heterocycles. The van der Waals surface area contributed by atoms with E-state index >= 15 is 0 Å². The Morgan fingerprint density at radius 2 is 2.00 bits per heavy atom. The van der Waals surface area contributed by atoms with Crippen molar-refractivity contribution in [3.05, 3.63) is 52.6 Å². The number of benzene rings is 2. The van der Waals surface area contributed by atoms with Gasteiger partial charge in [-0.1, -0.05) is 18.2 Å². The summed E-state index contributed by atoms with van der Waals surface area (Å²) >= 11 is 5.86. The monoisotopic (exact) mass is 352 g/mol. The number of nitrogens with zero attached hydrogens (tertiary/aromatic N) is 2. The molecule has 9 heteroatoms. The number of hydrogen-bond donors (Lipinski definition) is 1.